The van der Waals surface area contributed by atoms with E-state index in [1.165, 1.54) is 88.7 Å². The number of hydrogen-bond acceptors (Lipinski definition) is 0. The van der Waals surface area contributed by atoms with E-state index in [0.717, 1.165) is 0 Å². The third-order valence-corrected chi connectivity index (χ3v) is 12.4. The molecule has 0 fully saturated rings. The van der Waals surface area contributed by atoms with Crippen molar-refractivity contribution in [2.45, 2.75) is 52.4 Å². The molecule has 0 atom stereocenters. The monoisotopic (exact) mass is 774 g/mol. The van der Waals surface area contributed by atoms with Crippen LogP contribution >= 0.6 is 0 Å². The first-order chi connectivity index (χ1) is 29.2. The summed E-state index contributed by atoms with van der Waals surface area (Å²) in [7, 11) is 0. The van der Waals surface area contributed by atoms with Gasteiger partial charge in [0.15, 0.2) is 0 Å². The predicted molar refractivity (Wildman–Crippen MR) is 258 cm³/mol. The van der Waals surface area contributed by atoms with Gasteiger partial charge in [0.1, 0.15) is 0 Å². The molecule has 0 saturated carbocycles. The summed E-state index contributed by atoms with van der Waals surface area (Å²) in [6, 6.07) is 79.1. The average molecular weight is 775 g/mol. The van der Waals surface area contributed by atoms with Crippen molar-refractivity contribution in [2.24, 2.45) is 0 Å². The van der Waals surface area contributed by atoms with Gasteiger partial charge < -0.3 is 0 Å². The van der Waals surface area contributed by atoms with Gasteiger partial charge in [0.2, 0.25) is 0 Å². The van der Waals surface area contributed by atoms with Crippen LogP contribution in [0.15, 0.2) is 218 Å². The molecule has 0 saturated heterocycles. The Hall–Kier alpha value is -6.76. The molecule has 0 aliphatic heterocycles. The van der Waals surface area contributed by atoms with E-state index in [0.29, 0.717) is 0 Å². The SMILES string of the molecule is Cc1cccc(-c2ccc(-c3ccc(-c4ccccc4C4(C)c5ccccc5C(C)(C)c5ccccc54)cc3)c3ccccc23)c1.Cc1ccccc1.Cc1ccccc1. The molecule has 0 aromatic heterocycles. The molecule has 0 radical (unpaired) electrons. The van der Waals surface area contributed by atoms with Crippen molar-refractivity contribution in [3.63, 3.8) is 0 Å². The van der Waals surface area contributed by atoms with Crippen molar-refractivity contribution in [3.8, 4) is 33.4 Å². The fraction of sp³-hybridized carbons (Fsp3) is 0.133. The van der Waals surface area contributed by atoms with Crippen LogP contribution in [-0.2, 0) is 10.8 Å². The molecule has 0 spiro atoms. The van der Waals surface area contributed by atoms with Crippen LogP contribution in [0.3, 0.4) is 0 Å². The summed E-state index contributed by atoms with van der Waals surface area (Å²) >= 11 is 0. The lowest BCUT2D eigenvalue weighted by Crippen LogP contribution is -2.39. The molecule has 0 N–H and O–H groups in total. The number of rotatable bonds is 4. The third-order valence-electron chi connectivity index (χ3n) is 12.4. The fourth-order valence-corrected chi connectivity index (χ4v) is 9.19. The summed E-state index contributed by atoms with van der Waals surface area (Å²) in [6.45, 7) is 13.5. The van der Waals surface area contributed by atoms with Crippen LogP contribution < -0.4 is 0 Å². The molecular weight excluding hydrogens is 721 g/mol. The van der Waals surface area contributed by atoms with Crippen molar-refractivity contribution in [1.82, 2.24) is 0 Å². The molecule has 1 aliphatic rings. The van der Waals surface area contributed by atoms with Crippen molar-refractivity contribution in [1.29, 1.82) is 0 Å². The maximum Gasteiger partial charge on any atom is 0.0435 e. The van der Waals surface area contributed by atoms with Crippen LogP contribution in [0.25, 0.3) is 44.2 Å². The Morgan fingerprint density at radius 3 is 1.12 bits per heavy atom. The Morgan fingerprint density at radius 1 is 0.267 bits per heavy atom. The van der Waals surface area contributed by atoms with Gasteiger partial charge in [-0.1, -0.05) is 249 Å². The van der Waals surface area contributed by atoms with Crippen LogP contribution in [0.4, 0.5) is 0 Å². The van der Waals surface area contributed by atoms with Crippen molar-refractivity contribution >= 4 is 10.8 Å². The Bertz CT molecular complexity index is 2770. The summed E-state index contributed by atoms with van der Waals surface area (Å²) in [4.78, 5) is 0. The summed E-state index contributed by atoms with van der Waals surface area (Å²) in [6.07, 6.45) is 0. The van der Waals surface area contributed by atoms with E-state index in [-0.39, 0.29) is 10.8 Å². The quantitative estimate of drug-likeness (QED) is 0.167. The lowest BCUT2D eigenvalue weighted by molar-refractivity contribution is 0.542. The molecular formula is C60H54. The molecule has 0 nitrogen and oxygen atoms in total. The molecule has 9 aromatic carbocycles. The van der Waals surface area contributed by atoms with Gasteiger partial charge in [-0.2, -0.15) is 0 Å². The first-order valence-corrected chi connectivity index (χ1v) is 21.2. The maximum atomic E-state index is 2.43. The van der Waals surface area contributed by atoms with Crippen LogP contribution in [0.2, 0.25) is 0 Å². The Morgan fingerprint density at radius 2 is 0.650 bits per heavy atom. The normalized spacial score (nSPS) is 13.1. The largest absolute Gasteiger partial charge is 0.0622 e. The predicted octanol–water partition coefficient (Wildman–Crippen LogP) is 16.1. The molecule has 1 aliphatic carbocycles. The van der Waals surface area contributed by atoms with E-state index in [1.54, 1.807) is 0 Å². The number of aryl methyl sites for hydroxylation is 3. The molecule has 9 aromatic rings. The van der Waals surface area contributed by atoms with Crippen molar-refractivity contribution in [3.05, 3.63) is 263 Å². The highest BCUT2D eigenvalue weighted by Gasteiger charge is 2.45. The van der Waals surface area contributed by atoms with E-state index in [4.69, 9.17) is 0 Å². The van der Waals surface area contributed by atoms with Crippen molar-refractivity contribution in [2.75, 3.05) is 0 Å². The summed E-state index contributed by atoms with van der Waals surface area (Å²) < 4.78 is 0. The Balaban J connectivity index is 0.000000301. The molecule has 0 unspecified atom stereocenters. The second-order valence-corrected chi connectivity index (χ2v) is 16.8. The van der Waals surface area contributed by atoms with E-state index in [1.807, 2.05) is 36.4 Å². The lowest BCUT2D eigenvalue weighted by Gasteiger charge is -2.46. The maximum absolute atomic E-state index is 2.43. The van der Waals surface area contributed by atoms with Gasteiger partial charge in [0.25, 0.3) is 0 Å². The molecule has 0 amide bonds. The third kappa shape index (κ3) is 7.86. The number of fused-ring (bicyclic) bond motifs is 3. The molecule has 60 heavy (non-hydrogen) atoms. The highest BCUT2D eigenvalue weighted by molar-refractivity contribution is 6.05. The second-order valence-electron chi connectivity index (χ2n) is 16.8. The van der Waals surface area contributed by atoms with E-state index >= 15 is 0 Å². The van der Waals surface area contributed by atoms with Gasteiger partial charge in [-0.3, -0.25) is 0 Å². The Labute approximate surface area is 357 Å². The first kappa shape index (κ1) is 40.0. The zero-order valence-corrected chi connectivity index (χ0v) is 35.8. The van der Waals surface area contributed by atoms with Crippen LogP contribution in [-0.4, -0.2) is 0 Å². The first-order valence-electron chi connectivity index (χ1n) is 21.2. The molecule has 294 valence electrons. The summed E-state index contributed by atoms with van der Waals surface area (Å²) in [5, 5.41) is 2.56. The topological polar surface area (TPSA) is 0 Å². The zero-order valence-electron chi connectivity index (χ0n) is 35.8. The molecule has 0 heterocycles. The smallest absolute Gasteiger partial charge is 0.0435 e. The highest BCUT2D eigenvalue weighted by atomic mass is 14.5. The summed E-state index contributed by atoms with van der Waals surface area (Å²) in [5.74, 6) is 0. The van der Waals surface area contributed by atoms with E-state index in [9.17, 15) is 0 Å². The minimum Gasteiger partial charge on any atom is -0.0622 e. The summed E-state index contributed by atoms with van der Waals surface area (Å²) in [5.41, 5.74) is 18.0. The van der Waals surface area contributed by atoms with Gasteiger partial charge in [0, 0.05) is 10.8 Å². The van der Waals surface area contributed by atoms with Gasteiger partial charge in [0.05, 0.1) is 0 Å². The van der Waals surface area contributed by atoms with Crippen LogP contribution in [0, 0.1) is 20.8 Å². The standard InChI is InChI=1S/C46H38.2C7H8/c1-31-14-13-15-34(30-31)36-29-28-35(38-17-5-6-18-39(36)38)32-24-26-33(27-25-32)37-16-7-8-19-40(37)46(4)43-22-11-9-20-41(43)45(2,3)42-21-10-12-23-44(42)46;2*1-7-5-3-2-4-6-7/h5-30H,1-4H3;2*2-6H,1H3. The minimum atomic E-state index is -0.292. The van der Waals surface area contributed by atoms with Gasteiger partial charge >= 0.3 is 0 Å². The second kappa shape index (κ2) is 17.2. The highest BCUT2D eigenvalue weighted by Crippen LogP contribution is 2.54. The van der Waals surface area contributed by atoms with E-state index < -0.39 is 0 Å². The average Bonchev–Trinajstić information content (AvgIpc) is 3.29. The number of hydrogen-bond donors (Lipinski definition) is 0. The van der Waals surface area contributed by atoms with Gasteiger partial charge in [-0.05, 0) is 99.7 Å². The van der Waals surface area contributed by atoms with Gasteiger partial charge in [-0.15, -0.1) is 0 Å². The van der Waals surface area contributed by atoms with E-state index in [2.05, 4.69) is 224 Å². The zero-order chi connectivity index (χ0) is 41.7. The molecule has 10 rings (SSSR count). The molecule has 0 heteroatoms. The molecule has 0 bridgehead atoms. The minimum absolute atomic E-state index is 0.0685. The lowest BCUT2D eigenvalue weighted by atomic mass is 9.56. The van der Waals surface area contributed by atoms with Crippen LogP contribution in [0.1, 0.15) is 65.3 Å². The van der Waals surface area contributed by atoms with Gasteiger partial charge in [-0.25, -0.2) is 0 Å². The van der Waals surface area contributed by atoms with Crippen molar-refractivity contribution < 1.29 is 0 Å². The fourth-order valence-electron chi connectivity index (χ4n) is 9.19. The van der Waals surface area contributed by atoms with Crippen LogP contribution in [0.5, 0.6) is 0 Å². The Kier molecular flexibility index (Phi) is 11.5. The number of benzene rings is 9.